The summed E-state index contributed by atoms with van der Waals surface area (Å²) in [6.07, 6.45) is 1.15. The van der Waals surface area contributed by atoms with Gasteiger partial charge in [0.1, 0.15) is 5.01 Å². The van der Waals surface area contributed by atoms with Crippen molar-refractivity contribution in [2.24, 2.45) is 0 Å². The number of amides is 1. The fourth-order valence-electron chi connectivity index (χ4n) is 3.26. The van der Waals surface area contributed by atoms with Crippen molar-refractivity contribution in [3.05, 3.63) is 69.1 Å². The molecule has 0 radical (unpaired) electrons. The number of carbonyl (C=O) groups is 1. The fourth-order valence-corrected chi connectivity index (χ4v) is 6.17. The molecule has 2 aromatic carbocycles. The molecular weight excluding hydrogens is 470 g/mol. The zero-order chi connectivity index (χ0) is 22.2. The summed E-state index contributed by atoms with van der Waals surface area (Å²) in [5.41, 5.74) is 0.0617. The third-order valence-corrected chi connectivity index (χ3v) is 7.87. The van der Waals surface area contributed by atoms with Crippen molar-refractivity contribution >= 4 is 44.6 Å². The second kappa shape index (κ2) is 8.58. The zero-order valence-corrected chi connectivity index (χ0v) is 18.1. The molecule has 0 saturated carbocycles. The predicted octanol–water partition coefficient (Wildman–Crippen LogP) is 4.25. The third kappa shape index (κ3) is 4.45. The van der Waals surface area contributed by atoms with Crippen molar-refractivity contribution < 1.29 is 22.0 Å². The molecule has 0 spiro atoms. The molecule has 1 aliphatic heterocycles. The summed E-state index contributed by atoms with van der Waals surface area (Å²) in [4.78, 5) is 12.5. The van der Waals surface area contributed by atoms with Crippen molar-refractivity contribution in [1.82, 2.24) is 14.5 Å². The van der Waals surface area contributed by atoms with Crippen molar-refractivity contribution in [2.75, 3.05) is 11.9 Å². The van der Waals surface area contributed by atoms with Gasteiger partial charge in [-0.1, -0.05) is 29.0 Å². The van der Waals surface area contributed by atoms with Gasteiger partial charge in [-0.15, -0.1) is 10.2 Å². The number of hydrogen-bond acceptors (Lipinski definition) is 6. The van der Waals surface area contributed by atoms with E-state index in [4.69, 9.17) is 11.6 Å². The summed E-state index contributed by atoms with van der Waals surface area (Å²) in [6.45, 7) is 0.301. The van der Waals surface area contributed by atoms with E-state index in [9.17, 15) is 22.0 Å². The summed E-state index contributed by atoms with van der Waals surface area (Å²) in [7, 11) is -3.82. The summed E-state index contributed by atoms with van der Waals surface area (Å²) in [5, 5.41) is 10.9. The van der Waals surface area contributed by atoms with E-state index in [1.807, 2.05) is 0 Å². The smallest absolute Gasteiger partial charge is 0.286 e. The normalized spacial score (nSPS) is 17.1. The second-order valence-corrected chi connectivity index (χ2v) is 10.1. The van der Waals surface area contributed by atoms with Gasteiger partial charge < -0.3 is 5.32 Å². The molecule has 2 heterocycles. The molecule has 1 unspecified atom stereocenters. The number of anilines is 1. The Morgan fingerprint density at radius 2 is 1.97 bits per heavy atom. The molecule has 12 heteroatoms. The minimum absolute atomic E-state index is 0.0215. The number of halogens is 3. The molecule has 1 atom stereocenters. The van der Waals surface area contributed by atoms with Crippen LogP contribution in [0.15, 0.2) is 47.4 Å². The number of rotatable bonds is 5. The summed E-state index contributed by atoms with van der Waals surface area (Å²) >= 11 is 6.89. The first-order chi connectivity index (χ1) is 14.8. The fraction of sp³-hybridized carbons (Fsp3) is 0.211. The Kier molecular flexibility index (Phi) is 6.02. The Balaban J connectivity index is 1.55. The van der Waals surface area contributed by atoms with Gasteiger partial charge in [0.05, 0.1) is 10.9 Å². The molecule has 1 aliphatic rings. The lowest BCUT2D eigenvalue weighted by Gasteiger charge is -2.22. The van der Waals surface area contributed by atoms with Crippen LogP contribution in [0.2, 0.25) is 5.02 Å². The van der Waals surface area contributed by atoms with E-state index in [1.54, 1.807) is 12.1 Å². The van der Waals surface area contributed by atoms with Crippen LogP contribution in [0.25, 0.3) is 0 Å². The average Bonchev–Trinajstić information content (AvgIpc) is 3.40. The van der Waals surface area contributed by atoms with Gasteiger partial charge >= 0.3 is 0 Å². The van der Waals surface area contributed by atoms with Gasteiger partial charge in [0.25, 0.3) is 5.91 Å². The molecule has 31 heavy (non-hydrogen) atoms. The number of nitrogens with zero attached hydrogens (tertiary/aromatic N) is 3. The highest BCUT2D eigenvalue weighted by Gasteiger charge is 2.38. The molecule has 1 N–H and O–H groups in total. The van der Waals surface area contributed by atoms with E-state index in [2.05, 4.69) is 15.5 Å². The summed E-state index contributed by atoms with van der Waals surface area (Å²) in [5.74, 6) is -2.78. The SMILES string of the molecule is O=C(Nc1ccc(F)c(F)c1)c1nnc(C2CCCN2S(=O)(=O)c2cccc(Cl)c2)s1. The van der Waals surface area contributed by atoms with Crippen LogP contribution in [0.1, 0.15) is 33.7 Å². The number of nitrogens with one attached hydrogen (secondary N) is 1. The van der Waals surface area contributed by atoms with Gasteiger partial charge in [0.15, 0.2) is 11.6 Å². The summed E-state index contributed by atoms with van der Waals surface area (Å²) < 4.78 is 53.9. The van der Waals surface area contributed by atoms with Gasteiger partial charge in [0, 0.05) is 23.3 Å². The first-order valence-electron chi connectivity index (χ1n) is 9.13. The minimum Gasteiger partial charge on any atom is -0.320 e. The van der Waals surface area contributed by atoms with E-state index in [0.29, 0.717) is 29.4 Å². The number of benzene rings is 2. The van der Waals surface area contributed by atoms with Gasteiger partial charge in [-0.25, -0.2) is 17.2 Å². The van der Waals surface area contributed by atoms with Crippen molar-refractivity contribution in [2.45, 2.75) is 23.8 Å². The summed E-state index contributed by atoms with van der Waals surface area (Å²) in [6, 6.07) is 8.40. The van der Waals surface area contributed by atoms with E-state index in [-0.39, 0.29) is 15.6 Å². The maximum Gasteiger partial charge on any atom is 0.286 e. The van der Waals surface area contributed by atoms with Gasteiger partial charge in [-0.2, -0.15) is 4.31 Å². The maximum atomic E-state index is 13.3. The van der Waals surface area contributed by atoms with Crippen molar-refractivity contribution in [3.63, 3.8) is 0 Å². The Bertz CT molecular complexity index is 1250. The van der Waals surface area contributed by atoms with Crippen LogP contribution >= 0.6 is 22.9 Å². The van der Waals surface area contributed by atoms with Crippen LogP contribution in [-0.4, -0.2) is 35.4 Å². The Morgan fingerprint density at radius 3 is 2.71 bits per heavy atom. The molecule has 1 amide bonds. The lowest BCUT2D eigenvalue weighted by atomic mass is 10.2. The highest BCUT2D eigenvalue weighted by atomic mass is 35.5. The minimum atomic E-state index is -3.82. The number of carbonyl (C=O) groups excluding carboxylic acids is 1. The van der Waals surface area contributed by atoms with E-state index in [0.717, 1.165) is 23.5 Å². The Morgan fingerprint density at radius 1 is 1.16 bits per heavy atom. The van der Waals surface area contributed by atoms with E-state index < -0.39 is 33.6 Å². The lowest BCUT2D eigenvalue weighted by molar-refractivity contribution is 0.102. The van der Waals surface area contributed by atoms with Gasteiger partial charge in [-0.05, 0) is 43.2 Å². The molecule has 1 saturated heterocycles. The zero-order valence-electron chi connectivity index (χ0n) is 15.8. The monoisotopic (exact) mass is 484 g/mol. The first kappa shape index (κ1) is 21.8. The second-order valence-electron chi connectivity index (χ2n) is 6.76. The topological polar surface area (TPSA) is 92.3 Å². The molecule has 4 rings (SSSR count). The third-order valence-electron chi connectivity index (χ3n) is 4.70. The molecule has 162 valence electrons. The van der Waals surface area contributed by atoms with Gasteiger partial charge in [-0.3, -0.25) is 4.79 Å². The van der Waals surface area contributed by atoms with Crippen LogP contribution in [0.3, 0.4) is 0 Å². The van der Waals surface area contributed by atoms with Crippen LogP contribution in [0.4, 0.5) is 14.5 Å². The highest BCUT2D eigenvalue weighted by Crippen LogP contribution is 2.38. The highest BCUT2D eigenvalue weighted by molar-refractivity contribution is 7.89. The molecule has 7 nitrogen and oxygen atoms in total. The maximum absolute atomic E-state index is 13.3. The standard InChI is InChI=1S/C19H15ClF2N4O3S2/c20-11-3-1-4-13(9-11)31(28,29)26-8-2-5-16(26)18-24-25-19(30-18)17(27)23-12-6-7-14(21)15(22)10-12/h1,3-4,6-7,9-10,16H,2,5,8H2,(H,23,27). The van der Waals surface area contributed by atoms with Crippen LogP contribution in [-0.2, 0) is 10.0 Å². The average molecular weight is 485 g/mol. The first-order valence-corrected chi connectivity index (χ1v) is 11.8. The number of sulfonamides is 1. The molecular formula is C19H15ClF2N4O3S2. The molecule has 0 bridgehead atoms. The van der Waals surface area contributed by atoms with Crippen molar-refractivity contribution in [3.8, 4) is 0 Å². The molecule has 1 aromatic heterocycles. The Hall–Kier alpha value is -2.47. The molecule has 3 aromatic rings. The quantitative estimate of drug-likeness (QED) is 0.584. The predicted molar refractivity (Wildman–Crippen MR) is 112 cm³/mol. The van der Waals surface area contributed by atoms with Gasteiger partial charge in [0.2, 0.25) is 15.0 Å². The largest absolute Gasteiger partial charge is 0.320 e. The number of hydrogen-bond donors (Lipinski definition) is 1. The van der Waals surface area contributed by atoms with Crippen LogP contribution in [0.5, 0.6) is 0 Å². The Labute approximate surface area is 185 Å². The molecule has 0 aliphatic carbocycles. The number of aromatic nitrogens is 2. The van der Waals surface area contributed by atoms with E-state index >= 15 is 0 Å². The van der Waals surface area contributed by atoms with Crippen LogP contribution < -0.4 is 5.32 Å². The van der Waals surface area contributed by atoms with E-state index in [1.165, 1.54) is 22.5 Å². The van der Waals surface area contributed by atoms with Crippen molar-refractivity contribution in [1.29, 1.82) is 0 Å². The molecule has 1 fully saturated rings. The van der Waals surface area contributed by atoms with Crippen LogP contribution in [0, 0.1) is 11.6 Å². The lowest BCUT2D eigenvalue weighted by Crippen LogP contribution is -2.30.